The molecule has 0 aliphatic carbocycles. The Balaban J connectivity index is 2.17. The van der Waals surface area contributed by atoms with Crippen LogP contribution in [0.15, 0.2) is 17.5 Å². The van der Waals surface area contributed by atoms with Crippen LogP contribution in [0, 0.1) is 6.92 Å². The summed E-state index contributed by atoms with van der Waals surface area (Å²) in [7, 11) is 0. The highest BCUT2D eigenvalue weighted by Gasteiger charge is 2.13. The van der Waals surface area contributed by atoms with Crippen LogP contribution in [0.1, 0.15) is 19.5 Å². The van der Waals surface area contributed by atoms with E-state index in [4.69, 9.17) is 0 Å². The predicted octanol–water partition coefficient (Wildman–Crippen LogP) is 3.52. The second-order valence-electron chi connectivity index (χ2n) is 4.46. The molecular weight excluding hydrogens is 292 g/mol. The van der Waals surface area contributed by atoms with Crippen molar-refractivity contribution in [2.45, 2.75) is 20.8 Å². The summed E-state index contributed by atoms with van der Waals surface area (Å²) in [5.74, 6) is -0.118. The summed E-state index contributed by atoms with van der Waals surface area (Å²) in [5.41, 5.74) is 2.81. The molecule has 0 radical (unpaired) electrons. The lowest BCUT2D eigenvalue weighted by Crippen LogP contribution is -2.04. The average molecular weight is 308 g/mol. The summed E-state index contributed by atoms with van der Waals surface area (Å²) in [6, 6.07) is 0. The summed E-state index contributed by atoms with van der Waals surface area (Å²) in [6.07, 6.45) is 0. The molecule has 2 aromatic heterocycles. The van der Waals surface area contributed by atoms with Gasteiger partial charge in [-0.25, -0.2) is 9.97 Å². The van der Waals surface area contributed by atoms with Crippen LogP contribution in [-0.4, -0.2) is 22.4 Å². The molecule has 2 rings (SSSR count). The van der Waals surface area contributed by atoms with Crippen LogP contribution in [0.3, 0.4) is 0 Å². The van der Waals surface area contributed by atoms with E-state index in [-0.39, 0.29) is 5.91 Å². The fourth-order valence-corrected chi connectivity index (χ4v) is 3.27. The lowest BCUT2D eigenvalue weighted by molar-refractivity contribution is -0.114. The maximum absolute atomic E-state index is 11.0. The van der Waals surface area contributed by atoms with Crippen molar-refractivity contribution in [3.05, 3.63) is 23.2 Å². The van der Waals surface area contributed by atoms with Gasteiger partial charge in [0.2, 0.25) is 5.91 Å². The molecule has 0 saturated heterocycles. The summed E-state index contributed by atoms with van der Waals surface area (Å²) in [6.45, 7) is 9.91. The van der Waals surface area contributed by atoms with Crippen LogP contribution in [0.25, 0.3) is 10.6 Å². The van der Waals surface area contributed by atoms with Gasteiger partial charge in [0.25, 0.3) is 0 Å². The number of hydrogen-bond acceptors (Lipinski definition) is 6. The van der Waals surface area contributed by atoms with E-state index in [0.717, 1.165) is 27.0 Å². The van der Waals surface area contributed by atoms with Crippen LogP contribution in [0.2, 0.25) is 0 Å². The first-order valence-electron chi connectivity index (χ1n) is 6.05. The van der Waals surface area contributed by atoms with Crippen LogP contribution in [0.4, 0.5) is 10.3 Å². The van der Waals surface area contributed by atoms with Crippen molar-refractivity contribution >= 4 is 38.8 Å². The molecule has 5 nitrogen and oxygen atoms in total. The standard InChI is InChI=1S/C13H16N4OS2/c1-7(2)5-14-12-17-10(6-19-12)11-8(3)15-13(20-11)16-9(4)18/h6H,1,5H2,2-4H3,(H,14,17)(H,15,16,18). The third-order valence-electron chi connectivity index (χ3n) is 2.36. The van der Waals surface area contributed by atoms with E-state index in [2.05, 4.69) is 27.2 Å². The number of thiazole rings is 2. The van der Waals surface area contributed by atoms with Crippen LogP contribution >= 0.6 is 22.7 Å². The predicted molar refractivity (Wildman–Crippen MR) is 85.6 cm³/mol. The zero-order chi connectivity index (χ0) is 14.7. The molecule has 0 saturated carbocycles. The van der Waals surface area contributed by atoms with E-state index in [9.17, 15) is 4.79 Å². The lowest BCUT2D eigenvalue weighted by atomic mass is 10.3. The number of nitrogens with one attached hydrogen (secondary N) is 2. The van der Waals surface area contributed by atoms with Gasteiger partial charge in [-0.15, -0.1) is 11.3 Å². The second kappa shape index (κ2) is 6.15. The molecule has 2 N–H and O–H groups in total. The van der Waals surface area contributed by atoms with Crippen molar-refractivity contribution in [1.82, 2.24) is 9.97 Å². The number of aryl methyl sites for hydroxylation is 1. The van der Waals surface area contributed by atoms with Crippen molar-refractivity contribution in [2.75, 3.05) is 17.2 Å². The molecule has 20 heavy (non-hydrogen) atoms. The number of carbonyl (C=O) groups is 1. The van der Waals surface area contributed by atoms with Gasteiger partial charge >= 0.3 is 0 Å². The Morgan fingerprint density at radius 3 is 2.75 bits per heavy atom. The smallest absolute Gasteiger partial charge is 0.223 e. The molecule has 0 fully saturated rings. The van der Waals surface area contributed by atoms with Crippen molar-refractivity contribution in [1.29, 1.82) is 0 Å². The number of hydrogen-bond donors (Lipinski definition) is 2. The third-order valence-corrected chi connectivity index (χ3v) is 4.25. The van der Waals surface area contributed by atoms with Gasteiger partial charge in [-0.05, 0) is 13.8 Å². The number of anilines is 2. The van der Waals surface area contributed by atoms with Crippen molar-refractivity contribution in [2.24, 2.45) is 0 Å². The highest BCUT2D eigenvalue weighted by Crippen LogP contribution is 2.34. The first-order chi connectivity index (χ1) is 9.45. The minimum absolute atomic E-state index is 0.118. The topological polar surface area (TPSA) is 66.9 Å². The zero-order valence-electron chi connectivity index (χ0n) is 11.6. The molecule has 0 bridgehead atoms. The normalized spacial score (nSPS) is 10.3. The van der Waals surface area contributed by atoms with E-state index in [0.29, 0.717) is 11.7 Å². The summed E-state index contributed by atoms with van der Waals surface area (Å²) in [4.78, 5) is 20.9. The minimum Gasteiger partial charge on any atom is -0.358 e. The van der Waals surface area contributed by atoms with Gasteiger partial charge in [0.15, 0.2) is 10.3 Å². The van der Waals surface area contributed by atoms with Crippen molar-refractivity contribution in [3.63, 3.8) is 0 Å². The number of carbonyl (C=O) groups excluding carboxylic acids is 1. The van der Waals surface area contributed by atoms with E-state index in [1.807, 2.05) is 19.2 Å². The number of aromatic nitrogens is 2. The molecule has 0 unspecified atom stereocenters. The van der Waals surface area contributed by atoms with Crippen LogP contribution < -0.4 is 10.6 Å². The molecule has 7 heteroatoms. The molecule has 106 valence electrons. The van der Waals surface area contributed by atoms with Gasteiger partial charge in [-0.3, -0.25) is 4.79 Å². The second-order valence-corrected chi connectivity index (χ2v) is 6.32. The van der Waals surface area contributed by atoms with Crippen molar-refractivity contribution in [3.8, 4) is 10.6 Å². The van der Waals surface area contributed by atoms with Crippen molar-refractivity contribution < 1.29 is 4.79 Å². The summed E-state index contributed by atoms with van der Waals surface area (Å²) >= 11 is 2.98. The van der Waals surface area contributed by atoms with Gasteiger partial charge in [0, 0.05) is 18.8 Å². The molecule has 0 spiro atoms. The quantitative estimate of drug-likeness (QED) is 0.829. The summed E-state index contributed by atoms with van der Waals surface area (Å²) in [5, 5.41) is 9.36. The molecule has 2 aromatic rings. The van der Waals surface area contributed by atoms with E-state index < -0.39 is 0 Å². The Morgan fingerprint density at radius 2 is 2.10 bits per heavy atom. The fraction of sp³-hybridized carbons (Fsp3) is 0.308. The lowest BCUT2D eigenvalue weighted by Gasteiger charge is -1.99. The highest BCUT2D eigenvalue weighted by molar-refractivity contribution is 7.19. The first-order valence-corrected chi connectivity index (χ1v) is 7.74. The van der Waals surface area contributed by atoms with Gasteiger partial charge < -0.3 is 10.6 Å². The van der Waals surface area contributed by atoms with Crippen LogP contribution in [-0.2, 0) is 4.79 Å². The largest absolute Gasteiger partial charge is 0.358 e. The number of amides is 1. The Morgan fingerprint density at radius 1 is 1.35 bits per heavy atom. The molecule has 0 aromatic carbocycles. The van der Waals surface area contributed by atoms with Gasteiger partial charge in [0.05, 0.1) is 16.3 Å². The van der Waals surface area contributed by atoms with Gasteiger partial charge in [0.1, 0.15) is 0 Å². The Kier molecular flexibility index (Phi) is 4.51. The maximum atomic E-state index is 11.0. The fourth-order valence-electron chi connectivity index (χ4n) is 1.52. The van der Waals surface area contributed by atoms with Crippen LogP contribution in [0.5, 0.6) is 0 Å². The van der Waals surface area contributed by atoms with E-state index in [1.165, 1.54) is 18.3 Å². The Bertz CT molecular complexity index is 645. The minimum atomic E-state index is -0.118. The molecule has 0 aliphatic heterocycles. The van der Waals surface area contributed by atoms with Gasteiger partial charge in [-0.1, -0.05) is 23.5 Å². The van der Waals surface area contributed by atoms with E-state index in [1.54, 1.807) is 11.3 Å². The number of nitrogens with zero attached hydrogens (tertiary/aromatic N) is 2. The number of rotatable bonds is 5. The molecular formula is C13H16N4OS2. The van der Waals surface area contributed by atoms with E-state index >= 15 is 0 Å². The molecule has 0 atom stereocenters. The molecule has 2 heterocycles. The highest BCUT2D eigenvalue weighted by atomic mass is 32.1. The maximum Gasteiger partial charge on any atom is 0.223 e. The van der Waals surface area contributed by atoms with Gasteiger partial charge in [-0.2, -0.15) is 0 Å². The molecule has 0 aliphatic rings. The summed E-state index contributed by atoms with van der Waals surface area (Å²) < 4.78 is 0. The Labute approximate surface area is 125 Å². The average Bonchev–Trinajstić information content (AvgIpc) is 2.92. The third kappa shape index (κ3) is 3.64. The zero-order valence-corrected chi connectivity index (χ0v) is 13.2. The first kappa shape index (κ1) is 14.7. The SMILES string of the molecule is C=C(C)CNc1nc(-c2sc(NC(C)=O)nc2C)cs1. The Hall–Kier alpha value is -1.73. The molecule has 1 amide bonds. The monoisotopic (exact) mass is 308 g/mol.